The Morgan fingerprint density at radius 3 is 2.89 bits per heavy atom. The van der Waals surface area contributed by atoms with Crippen molar-refractivity contribution in [1.29, 1.82) is 0 Å². The van der Waals surface area contributed by atoms with E-state index >= 15 is 0 Å². The Morgan fingerprint density at radius 1 is 1.50 bits per heavy atom. The van der Waals surface area contributed by atoms with E-state index in [1.54, 1.807) is 13.0 Å². The minimum Gasteiger partial charge on any atom is -0.398 e. The Kier molecular flexibility index (Phi) is 3.09. The number of nitrogens with zero attached hydrogens (tertiary/aromatic N) is 3. The number of benzene rings is 1. The van der Waals surface area contributed by atoms with Gasteiger partial charge >= 0.3 is 0 Å². The highest BCUT2D eigenvalue weighted by Crippen LogP contribution is 2.22. The highest BCUT2D eigenvalue weighted by Gasteiger charge is 2.09. The Bertz CT molecular complexity index is 581. The minimum atomic E-state index is -0.500. The van der Waals surface area contributed by atoms with Crippen LogP contribution in [0.25, 0.3) is 0 Å². The van der Waals surface area contributed by atoms with E-state index in [0.29, 0.717) is 29.6 Å². The number of anilines is 2. The van der Waals surface area contributed by atoms with Crippen LogP contribution in [0.5, 0.6) is 0 Å². The van der Waals surface area contributed by atoms with Crippen LogP contribution in [0.3, 0.4) is 0 Å². The molecule has 0 spiro atoms. The van der Waals surface area contributed by atoms with Crippen molar-refractivity contribution in [2.45, 2.75) is 13.5 Å². The lowest BCUT2D eigenvalue weighted by Gasteiger charge is -2.04. The molecule has 0 unspecified atom stereocenters. The molecule has 0 radical (unpaired) electrons. The normalized spacial score (nSPS) is 10.3. The summed E-state index contributed by atoms with van der Waals surface area (Å²) in [6.45, 7) is 1.99. The molecule has 2 aromatic rings. The van der Waals surface area contributed by atoms with Gasteiger partial charge in [0.25, 0.3) is 5.69 Å². The Labute approximate surface area is 102 Å². The molecule has 94 valence electrons. The maximum absolute atomic E-state index is 10.7. The Balaban J connectivity index is 2.11. The van der Waals surface area contributed by atoms with Crippen LogP contribution in [0.15, 0.2) is 22.7 Å². The molecule has 3 N–H and O–H groups in total. The van der Waals surface area contributed by atoms with Crippen LogP contribution in [0.2, 0.25) is 0 Å². The molecule has 0 fully saturated rings. The van der Waals surface area contributed by atoms with Gasteiger partial charge in [0.05, 0.1) is 11.5 Å². The summed E-state index contributed by atoms with van der Waals surface area (Å²) in [7, 11) is 0. The standard InChI is InChI=1S/C10H11N5O3/c1-6-13-10(14-18-6)5-12-8-2-7(11)3-9(4-8)15(16)17/h2-4,12H,5,11H2,1H3. The molecule has 2 rings (SSSR count). The predicted octanol–water partition coefficient (Wildman–Crippen LogP) is 1.48. The zero-order chi connectivity index (χ0) is 13.1. The topological polar surface area (TPSA) is 120 Å². The fraction of sp³-hybridized carbons (Fsp3) is 0.200. The molecule has 1 aromatic carbocycles. The van der Waals surface area contributed by atoms with Gasteiger partial charge in [-0.15, -0.1) is 0 Å². The van der Waals surface area contributed by atoms with Crippen LogP contribution in [-0.2, 0) is 6.54 Å². The van der Waals surface area contributed by atoms with E-state index in [1.807, 2.05) is 0 Å². The Hall–Kier alpha value is -2.64. The number of non-ortho nitro benzene ring substituents is 1. The molecule has 0 saturated carbocycles. The summed E-state index contributed by atoms with van der Waals surface area (Å²) < 4.78 is 4.80. The maximum atomic E-state index is 10.7. The molecule has 0 aliphatic rings. The highest BCUT2D eigenvalue weighted by molar-refractivity contribution is 5.61. The fourth-order valence-corrected chi connectivity index (χ4v) is 1.44. The molecule has 0 bridgehead atoms. The van der Waals surface area contributed by atoms with Crippen LogP contribution >= 0.6 is 0 Å². The summed E-state index contributed by atoms with van der Waals surface area (Å²) in [5.41, 5.74) is 6.36. The lowest BCUT2D eigenvalue weighted by Crippen LogP contribution is -2.02. The van der Waals surface area contributed by atoms with Gasteiger partial charge in [-0.2, -0.15) is 4.98 Å². The van der Waals surface area contributed by atoms with Gasteiger partial charge in [0.15, 0.2) is 5.82 Å². The third-order valence-electron chi connectivity index (χ3n) is 2.17. The number of nitro benzene ring substituents is 1. The molecular weight excluding hydrogens is 238 g/mol. The van der Waals surface area contributed by atoms with Gasteiger partial charge in [-0.3, -0.25) is 10.1 Å². The first-order chi connectivity index (χ1) is 8.54. The van der Waals surface area contributed by atoms with Crippen molar-refractivity contribution in [3.05, 3.63) is 40.0 Å². The average Bonchev–Trinajstić information content (AvgIpc) is 2.72. The van der Waals surface area contributed by atoms with E-state index in [9.17, 15) is 10.1 Å². The van der Waals surface area contributed by atoms with Crippen LogP contribution in [0.4, 0.5) is 17.1 Å². The number of nitrogens with two attached hydrogens (primary N) is 1. The zero-order valence-electron chi connectivity index (χ0n) is 9.58. The first-order valence-electron chi connectivity index (χ1n) is 5.12. The van der Waals surface area contributed by atoms with Crippen molar-refractivity contribution in [2.75, 3.05) is 11.1 Å². The van der Waals surface area contributed by atoms with Gasteiger partial charge in [-0.25, -0.2) is 0 Å². The molecule has 1 heterocycles. The van der Waals surface area contributed by atoms with Gasteiger partial charge in [0.1, 0.15) is 0 Å². The molecule has 0 saturated heterocycles. The maximum Gasteiger partial charge on any atom is 0.273 e. The number of hydrogen-bond donors (Lipinski definition) is 2. The number of rotatable bonds is 4. The summed E-state index contributed by atoms with van der Waals surface area (Å²) in [5, 5.41) is 17.3. The fourth-order valence-electron chi connectivity index (χ4n) is 1.44. The number of nitrogen functional groups attached to an aromatic ring is 1. The molecular formula is C10H11N5O3. The molecule has 0 aliphatic heterocycles. The highest BCUT2D eigenvalue weighted by atomic mass is 16.6. The summed E-state index contributed by atoms with van der Waals surface area (Å²) in [6.07, 6.45) is 0. The monoisotopic (exact) mass is 249 g/mol. The van der Waals surface area contributed by atoms with Gasteiger partial charge < -0.3 is 15.6 Å². The van der Waals surface area contributed by atoms with Gasteiger partial charge in [-0.05, 0) is 6.07 Å². The van der Waals surface area contributed by atoms with Crippen molar-refractivity contribution in [3.63, 3.8) is 0 Å². The van der Waals surface area contributed by atoms with Gasteiger partial charge in [-0.1, -0.05) is 5.16 Å². The van der Waals surface area contributed by atoms with E-state index in [0.717, 1.165) is 0 Å². The van der Waals surface area contributed by atoms with Crippen molar-refractivity contribution < 1.29 is 9.45 Å². The van der Waals surface area contributed by atoms with E-state index in [4.69, 9.17) is 10.3 Å². The second-order valence-corrected chi connectivity index (χ2v) is 3.65. The number of aryl methyl sites for hydroxylation is 1. The predicted molar refractivity (Wildman–Crippen MR) is 63.9 cm³/mol. The smallest absolute Gasteiger partial charge is 0.273 e. The molecule has 18 heavy (non-hydrogen) atoms. The second-order valence-electron chi connectivity index (χ2n) is 3.65. The summed E-state index contributed by atoms with van der Waals surface area (Å²) >= 11 is 0. The molecule has 0 atom stereocenters. The molecule has 0 amide bonds. The van der Waals surface area contributed by atoms with Gasteiger partial charge in [0, 0.05) is 30.4 Å². The second kappa shape index (κ2) is 4.70. The van der Waals surface area contributed by atoms with E-state index in [-0.39, 0.29) is 5.69 Å². The quantitative estimate of drug-likeness (QED) is 0.478. The van der Waals surface area contributed by atoms with Crippen molar-refractivity contribution >= 4 is 17.1 Å². The van der Waals surface area contributed by atoms with Crippen LogP contribution < -0.4 is 11.1 Å². The van der Waals surface area contributed by atoms with Crippen LogP contribution in [-0.4, -0.2) is 15.1 Å². The molecule has 8 nitrogen and oxygen atoms in total. The zero-order valence-corrected chi connectivity index (χ0v) is 9.58. The first-order valence-corrected chi connectivity index (χ1v) is 5.12. The third kappa shape index (κ3) is 2.73. The van der Waals surface area contributed by atoms with Crippen molar-refractivity contribution in [3.8, 4) is 0 Å². The lowest BCUT2D eigenvalue weighted by atomic mass is 10.2. The van der Waals surface area contributed by atoms with Crippen LogP contribution in [0, 0.1) is 17.0 Å². The van der Waals surface area contributed by atoms with Crippen LogP contribution in [0.1, 0.15) is 11.7 Å². The number of nitrogens with one attached hydrogen (secondary N) is 1. The van der Waals surface area contributed by atoms with Crippen molar-refractivity contribution in [2.24, 2.45) is 0 Å². The molecule has 0 aliphatic carbocycles. The lowest BCUT2D eigenvalue weighted by molar-refractivity contribution is -0.384. The number of aromatic nitrogens is 2. The van der Waals surface area contributed by atoms with Crippen molar-refractivity contribution in [1.82, 2.24) is 10.1 Å². The van der Waals surface area contributed by atoms with E-state index < -0.39 is 4.92 Å². The summed E-state index contributed by atoms with van der Waals surface area (Å²) in [5.74, 6) is 0.933. The number of nitro groups is 1. The van der Waals surface area contributed by atoms with Gasteiger partial charge in [0.2, 0.25) is 5.89 Å². The largest absolute Gasteiger partial charge is 0.398 e. The Morgan fingerprint density at radius 2 is 2.28 bits per heavy atom. The number of hydrogen-bond acceptors (Lipinski definition) is 7. The molecule has 8 heteroatoms. The first kappa shape index (κ1) is 11.8. The average molecular weight is 249 g/mol. The SMILES string of the molecule is Cc1nc(CNc2cc(N)cc([N+](=O)[O-])c2)no1. The minimum absolute atomic E-state index is 0.0678. The summed E-state index contributed by atoms with van der Waals surface area (Å²) in [6, 6.07) is 4.28. The summed E-state index contributed by atoms with van der Waals surface area (Å²) in [4.78, 5) is 14.2. The van der Waals surface area contributed by atoms with E-state index in [2.05, 4.69) is 15.5 Å². The van der Waals surface area contributed by atoms with E-state index in [1.165, 1.54) is 12.1 Å². The third-order valence-corrected chi connectivity index (χ3v) is 2.17. The molecule has 1 aromatic heterocycles.